The summed E-state index contributed by atoms with van der Waals surface area (Å²) in [5, 5.41) is 3.00. The molecule has 0 radical (unpaired) electrons. The van der Waals surface area contributed by atoms with E-state index in [4.69, 9.17) is 4.74 Å². The fraction of sp³-hybridized carbons (Fsp3) is 0.455. The number of hydrogen-bond acceptors (Lipinski definition) is 4. The van der Waals surface area contributed by atoms with Crippen LogP contribution in [0.3, 0.4) is 0 Å². The number of ether oxygens (including phenoxy) is 1. The molecule has 0 saturated carbocycles. The summed E-state index contributed by atoms with van der Waals surface area (Å²) in [5.41, 5.74) is 0.816. The highest BCUT2D eigenvalue weighted by atomic mass is 16.5. The van der Waals surface area contributed by atoms with Gasteiger partial charge >= 0.3 is 0 Å². The Bertz CT molecular complexity index is 288. The molecular formula is C11H16N2O2. The van der Waals surface area contributed by atoms with Gasteiger partial charge in [-0.25, -0.2) is 0 Å². The number of methoxy groups -OCH3 is 1. The van der Waals surface area contributed by atoms with Gasteiger partial charge in [0.2, 0.25) is 0 Å². The fourth-order valence-electron chi connectivity index (χ4n) is 1.17. The summed E-state index contributed by atoms with van der Waals surface area (Å²) in [6, 6.07) is 5.58. The maximum atomic E-state index is 11.4. The molecule has 1 aromatic heterocycles. The van der Waals surface area contributed by atoms with Crippen molar-refractivity contribution >= 4 is 5.78 Å². The lowest BCUT2D eigenvalue weighted by atomic mass is 10.2. The van der Waals surface area contributed by atoms with E-state index in [1.54, 1.807) is 13.3 Å². The van der Waals surface area contributed by atoms with Crippen LogP contribution in [-0.4, -0.2) is 37.6 Å². The summed E-state index contributed by atoms with van der Waals surface area (Å²) in [6.45, 7) is 1.70. The molecule has 0 unspecified atom stereocenters. The van der Waals surface area contributed by atoms with Gasteiger partial charge in [-0.05, 0) is 12.1 Å². The van der Waals surface area contributed by atoms with E-state index in [2.05, 4.69) is 10.3 Å². The second-order valence-electron chi connectivity index (χ2n) is 3.21. The van der Waals surface area contributed by atoms with E-state index in [9.17, 15) is 4.79 Å². The Hall–Kier alpha value is -1.26. The molecule has 0 bridgehead atoms. The number of rotatable bonds is 7. The largest absolute Gasteiger partial charge is 0.383 e. The molecule has 0 aromatic carbocycles. The third kappa shape index (κ3) is 5.24. The molecule has 4 heteroatoms. The summed E-state index contributed by atoms with van der Waals surface area (Å²) < 4.78 is 4.86. The van der Waals surface area contributed by atoms with Gasteiger partial charge in [-0.15, -0.1) is 0 Å². The normalized spacial score (nSPS) is 10.2. The number of pyridine rings is 1. The molecule has 1 N–H and O–H groups in total. The lowest BCUT2D eigenvalue weighted by Crippen LogP contribution is -2.27. The highest BCUT2D eigenvalue weighted by molar-refractivity contribution is 5.82. The van der Waals surface area contributed by atoms with Crippen LogP contribution in [0, 0.1) is 0 Å². The molecule has 0 fully saturated rings. The van der Waals surface area contributed by atoms with Crippen molar-refractivity contribution in [3.8, 4) is 0 Å². The highest BCUT2D eigenvalue weighted by Gasteiger charge is 2.03. The number of ketones is 1. The molecule has 0 aliphatic carbocycles. The number of carbonyl (C=O) groups is 1. The Labute approximate surface area is 89.7 Å². The van der Waals surface area contributed by atoms with Crippen LogP contribution in [0.1, 0.15) is 5.69 Å². The lowest BCUT2D eigenvalue weighted by molar-refractivity contribution is -0.117. The Kier molecular flexibility index (Phi) is 5.58. The molecule has 0 atom stereocenters. The van der Waals surface area contributed by atoms with Gasteiger partial charge in [0, 0.05) is 25.5 Å². The number of nitrogens with one attached hydrogen (secondary N) is 1. The van der Waals surface area contributed by atoms with Crippen molar-refractivity contribution < 1.29 is 9.53 Å². The first-order chi connectivity index (χ1) is 7.33. The van der Waals surface area contributed by atoms with E-state index >= 15 is 0 Å². The van der Waals surface area contributed by atoms with Gasteiger partial charge < -0.3 is 10.1 Å². The molecule has 0 amide bonds. The first-order valence-corrected chi connectivity index (χ1v) is 4.94. The predicted octanol–water partition coefficient (Wildman–Crippen LogP) is 0.429. The van der Waals surface area contributed by atoms with Crippen molar-refractivity contribution in [3.63, 3.8) is 0 Å². The standard InChI is InChI=1S/C11H16N2O2/c1-15-7-6-12-9-11(14)8-10-4-2-3-5-13-10/h2-5,12H,6-9H2,1H3. The van der Waals surface area contributed by atoms with E-state index in [0.29, 0.717) is 26.1 Å². The summed E-state index contributed by atoms with van der Waals surface area (Å²) in [6.07, 6.45) is 2.09. The minimum absolute atomic E-state index is 0.143. The Balaban J connectivity index is 2.19. The average molecular weight is 208 g/mol. The second-order valence-corrected chi connectivity index (χ2v) is 3.21. The second kappa shape index (κ2) is 7.09. The molecule has 0 saturated heterocycles. The number of aromatic nitrogens is 1. The third-order valence-corrected chi connectivity index (χ3v) is 1.91. The summed E-state index contributed by atoms with van der Waals surface area (Å²) >= 11 is 0. The average Bonchev–Trinajstić information content (AvgIpc) is 2.26. The van der Waals surface area contributed by atoms with Gasteiger partial charge in [0.25, 0.3) is 0 Å². The number of nitrogens with zero attached hydrogens (tertiary/aromatic N) is 1. The van der Waals surface area contributed by atoms with Crippen LogP contribution < -0.4 is 5.32 Å². The molecule has 1 aromatic rings. The van der Waals surface area contributed by atoms with Crippen LogP contribution in [0.15, 0.2) is 24.4 Å². The Morgan fingerprint density at radius 2 is 2.40 bits per heavy atom. The Morgan fingerprint density at radius 1 is 1.53 bits per heavy atom. The molecular weight excluding hydrogens is 192 g/mol. The Morgan fingerprint density at radius 3 is 3.07 bits per heavy atom. The van der Waals surface area contributed by atoms with Gasteiger partial charge in [0.1, 0.15) is 0 Å². The maximum absolute atomic E-state index is 11.4. The van der Waals surface area contributed by atoms with Crippen LogP contribution in [0.4, 0.5) is 0 Å². The van der Waals surface area contributed by atoms with E-state index in [0.717, 1.165) is 5.69 Å². The molecule has 1 heterocycles. The van der Waals surface area contributed by atoms with Crippen molar-refractivity contribution in [1.29, 1.82) is 0 Å². The number of Topliss-reactive ketones (excluding diaryl/α,β-unsaturated/α-hetero) is 1. The minimum atomic E-state index is 0.143. The summed E-state index contributed by atoms with van der Waals surface area (Å²) in [5.74, 6) is 0.143. The molecule has 0 aliphatic heterocycles. The van der Waals surface area contributed by atoms with Crippen LogP contribution in [0.2, 0.25) is 0 Å². The molecule has 1 rings (SSSR count). The smallest absolute Gasteiger partial charge is 0.152 e. The van der Waals surface area contributed by atoms with Crippen LogP contribution in [0.25, 0.3) is 0 Å². The van der Waals surface area contributed by atoms with Gasteiger partial charge in [-0.2, -0.15) is 0 Å². The van der Waals surface area contributed by atoms with E-state index in [-0.39, 0.29) is 5.78 Å². The molecule has 82 valence electrons. The first kappa shape index (κ1) is 11.8. The lowest BCUT2D eigenvalue weighted by Gasteiger charge is -2.02. The zero-order valence-corrected chi connectivity index (χ0v) is 8.90. The minimum Gasteiger partial charge on any atom is -0.383 e. The molecule has 4 nitrogen and oxygen atoms in total. The zero-order chi connectivity index (χ0) is 10.9. The SMILES string of the molecule is COCCNCC(=O)Cc1ccccn1. The predicted molar refractivity (Wildman–Crippen MR) is 57.7 cm³/mol. The van der Waals surface area contributed by atoms with Crippen LogP contribution >= 0.6 is 0 Å². The number of hydrogen-bond donors (Lipinski definition) is 1. The van der Waals surface area contributed by atoms with E-state index in [1.807, 2.05) is 18.2 Å². The maximum Gasteiger partial charge on any atom is 0.152 e. The molecule has 0 spiro atoms. The third-order valence-electron chi connectivity index (χ3n) is 1.91. The topological polar surface area (TPSA) is 51.2 Å². The van der Waals surface area contributed by atoms with Gasteiger partial charge in [-0.3, -0.25) is 9.78 Å². The van der Waals surface area contributed by atoms with Crippen molar-refractivity contribution in [2.75, 3.05) is 26.8 Å². The van der Waals surface area contributed by atoms with Crippen molar-refractivity contribution in [1.82, 2.24) is 10.3 Å². The van der Waals surface area contributed by atoms with E-state index < -0.39 is 0 Å². The highest BCUT2D eigenvalue weighted by Crippen LogP contribution is 1.94. The monoisotopic (exact) mass is 208 g/mol. The van der Waals surface area contributed by atoms with Crippen molar-refractivity contribution in [2.45, 2.75) is 6.42 Å². The zero-order valence-electron chi connectivity index (χ0n) is 8.90. The molecule has 15 heavy (non-hydrogen) atoms. The summed E-state index contributed by atoms with van der Waals surface area (Å²) in [4.78, 5) is 15.5. The van der Waals surface area contributed by atoms with Gasteiger partial charge in [-0.1, -0.05) is 6.07 Å². The quantitative estimate of drug-likeness (QED) is 0.660. The van der Waals surface area contributed by atoms with E-state index in [1.165, 1.54) is 0 Å². The van der Waals surface area contributed by atoms with Gasteiger partial charge in [0.05, 0.1) is 19.6 Å². The fourth-order valence-corrected chi connectivity index (χ4v) is 1.17. The van der Waals surface area contributed by atoms with Crippen LogP contribution in [-0.2, 0) is 16.0 Å². The van der Waals surface area contributed by atoms with Crippen LogP contribution in [0.5, 0.6) is 0 Å². The van der Waals surface area contributed by atoms with Crippen molar-refractivity contribution in [3.05, 3.63) is 30.1 Å². The van der Waals surface area contributed by atoms with Gasteiger partial charge in [0.15, 0.2) is 5.78 Å². The van der Waals surface area contributed by atoms with Crippen molar-refractivity contribution in [2.24, 2.45) is 0 Å². The number of carbonyl (C=O) groups excluding carboxylic acids is 1. The molecule has 0 aliphatic rings. The first-order valence-electron chi connectivity index (χ1n) is 4.94. The summed E-state index contributed by atoms with van der Waals surface area (Å²) in [7, 11) is 1.64.